The van der Waals surface area contributed by atoms with Gasteiger partial charge in [-0.2, -0.15) is 0 Å². The molecule has 0 aliphatic heterocycles. The van der Waals surface area contributed by atoms with Crippen LogP contribution in [0.2, 0.25) is 0 Å². The molecule has 0 saturated carbocycles. The molecule has 2 aromatic rings. The van der Waals surface area contributed by atoms with E-state index in [4.69, 9.17) is 4.42 Å². The van der Waals surface area contributed by atoms with E-state index in [2.05, 4.69) is 77.3 Å². The quantitative estimate of drug-likeness (QED) is 0.163. The van der Waals surface area contributed by atoms with Crippen molar-refractivity contribution in [2.24, 2.45) is 5.41 Å². The van der Waals surface area contributed by atoms with Gasteiger partial charge in [0.15, 0.2) is 0 Å². The fourth-order valence-electron chi connectivity index (χ4n) is 4.36. The maximum atomic E-state index is 12.7. The van der Waals surface area contributed by atoms with Gasteiger partial charge in [-0.1, -0.05) is 45.9 Å². The molecule has 0 aliphatic rings. The molecule has 0 spiro atoms. The van der Waals surface area contributed by atoms with E-state index < -0.39 is 5.63 Å². The van der Waals surface area contributed by atoms with Gasteiger partial charge in [-0.25, -0.2) is 4.79 Å². The molecule has 2 N–H and O–H groups in total. The van der Waals surface area contributed by atoms with Crippen molar-refractivity contribution in [2.75, 3.05) is 31.1 Å². The Morgan fingerprint density at radius 3 is 2.23 bits per heavy atom. The van der Waals surface area contributed by atoms with Gasteiger partial charge in [-0.15, -0.1) is 0 Å². The van der Waals surface area contributed by atoms with Crippen LogP contribution in [-0.2, 0) is 0 Å². The van der Waals surface area contributed by atoms with E-state index in [9.17, 15) is 15.0 Å². The number of nitrogens with zero attached hydrogens (tertiary/aromatic N) is 2. The second-order valence-corrected chi connectivity index (χ2v) is 10.3. The van der Waals surface area contributed by atoms with Crippen LogP contribution in [-0.4, -0.2) is 41.3 Å². The number of hydrogen-bond donors (Lipinski definition) is 2. The maximum Gasteiger partial charge on any atom is 0.347 e. The number of benzene rings is 1. The first-order chi connectivity index (χ1) is 18.5. The number of aromatic hydroxyl groups is 1. The van der Waals surface area contributed by atoms with E-state index in [1.807, 2.05) is 18.2 Å². The van der Waals surface area contributed by atoms with Crippen LogP contribution in [0.5, 0.6) is 5.75 Å². The van der Waals surface area contributed by atoms with Gasteiger partial charge in [0, 0.05) is 43.6 Å². The molecule has 2 rings (SSSR count). The third kappa shape index (κ3) is 8.41. The van der Waals surface area contributed by atoms with Crippen LogP contribution in [0.4, 0.5) is 5.69 Å². The highest BCUT2D eigenvalue weighted by Crippen LogP contribution is 2.31. The van der Waals surface area contributed by atoms with E-state index in [0.29, 0.717) is 11.0 Å². The second-order valence-electron chi connectivity index (χ2n) is 10.3. The molecule has 0 amide bonds. The molecule has 1 heterocycles. The number of likely N-dealkylation sites (N-methyl/N-ethyl adjacent to an activating group) is 1. The van der Waals surface area contributed by atoms with Crippen molar-refractivity contribution in [3.63, 3.8) is 0 Å². The van der Waals surface area contributed by atoms with E-state index in [1.54, 1.807) is 18.2 Å². The van der Waals surface area contributed by atoms with Crippen LogP contribution < -0.4 is 10.5 Å². The van der Waals surface area contributed by atoms with Gasteiger partial charge in [0.05, 0.1) is 5.39 Å². The van der Waals surface area contributed by atoms with Crippen molar-refractivity contribution in [2.45, 2.75) is 61.8 Å². The van der Waals surface area contributed by atoms with Gasteiger partial charge in [-0.3, -0.25) is 0 Å². The van der Waals surface area contributed by atoms with Crippen LogP contribution in [0.15, 0.2) is 80.9 Å². The Bertz CT molecular complexity index is 1310. The van der Waals surface area contributed by atoms with Crippen molar-refractivity contribution in [1.29, 1.82) is 0 Å². The van der Waals surface area contributed by atoms with E-state index in [-0.39, 0.29) is 22.5 Å². The van der Waals surface area contributed by atoms with Crippen molar-refractivity contribution in [1.82, 2.24) is 4.90 Å². The predicted molar refractivity (Wildman–Crippen MR) is 165 cm³/mol. The van der Waals surface area contributed by atoms with Crippen molar-refractivity contribution >= 4 is 22.7 Å². The van der Waals surface area contributed by atoms with Crippen LogP contribution >= 0.6 is 0 Å². The predicted octanol–water partition coefficient (Wildman–Crippen LogP) is 7.96. The summed E-state index contributed by atoms with van der Waals surface area (Å²) in [6.07, 6.45) is 13.7. The fourth-order valence-corrected chi connectivity index (χ4v) is 4.36. The molecule has 212 valence electrons. The second kappa shape index (κ2) is 14.5. The van der Waals surface area contributed by atoms with Gasteiger partial charge in [0.2, 0.25) is 0 Å². The van der Waals surface area contributed by atoms with Gasteiger partial charge < -0.3 is 24.4 Å². The van der Waals surface area contributed by atoms with Crippen LogP contribution in [0.3, 0.4) is 0 Å². The Morgan fingerprint density at radius 1 is 1.00 bits per heavy atom. The molecule has 6 nitrogen and oxygen atoms in total. The van der Waals surface area contributed by atoms with E-state index >= 15 is 0 Å². The van der Waals surface area contributed by atoms with Crippen LogP contribution in [0, 0.1) is 5.41 Å². The number of rotatable bonds is 12. The summed E-state index contributed by atoms with van der Waals surface area (Å²) < 4.78 is 5.53. The number of allylic oxidation sites excluding steroid dienone is 7. The topological polar surface area (TPSA) is 77.1 Å². The monoisotopic (exact) mass is 534 g/mol. The molecular formula is C33H46N2O4. The number of anilines is 1. The minimum absolute atomic E-state index is 0.00668. The minimum Gasteiger partial charge on any atom is -0.508 e. The van der Waals surface area contributed by atoms with Crippen molar-refractivity contribution < 1.29 is 14.6 Å². The number of aliphatic hydroxyl groups excluding tert-OH is 1. The highest BCUT2D eigenvalue weighted by atomic mass is 16.4. The lowest BCUT2D eigenvalue weighted by Gasteiger charge is -2.22. The average molecular weight is 535 g/mol. The Labute approximate surface area is 233 Å². The zero-order chi connectivity index (χ0) is 29.2. The normalized spacial score (nSPS) is 13.7. The maximum absolute atomic E-state index is 12.7. The Morgan fingerprint density at radius 2 is 1.67 bits per heavy atom. The summed E-state index contributed by atoms with van der Waals surface area (Å²) in [6.45, 7) is 20.2. The Hall–Kier alpha value is -3.67. The largest absolute Gasteiger partial charge is 0.508 e. The lowest BCUT2D eigenvalue weighted by Crippen LogP contribution is -2.21. The zero-order valence-corrected chi connectivity index (χ0v) is 24.9. The van der Waals surface area contributed by atoms with Crippen molar-refractivity contribution in [3.8, 4) is 5.75 Å². The molecule has 0 bridgehead atoms. The standard InChI is InChI=1S/C33H46N2O4/c1-9-15-25(34(10-2)11-3)17-14-16-24(33(6,7)8)22-27(36)19-21-29-31(37)28-20-18-26(35(12-4)13-5)23-30(28)39-32(29)38/h14-23,36-37H,9-13H2,1-8H3/b17-14-,21-19+,24-16-,25-15+,27-22-. The molecule has 1 aromatic heterocycles. The smallest absolute Gasteiger partial charge is 0.347 e. The molecule has 6 heteroatoms. The SMILES string of the molecule is CC\C=C(/C=C\C=C(\C=C(O)\C=C\c1c(O)c2ccc(N(CC)CC)cc2oc1=O)C(C)(C)C)N(CC)CC. The van der Waals surface area contributed by atoms with Gasteiger partial charge in [0.1, 0.15) is 22.7 Å². The van der Waals surface area contributed by atoms with Crippen LogP contribution in [0.25, 0.3) is 17.0 Å². The summed E-state index contributed by atoms with van der Waals surface area (Å²) in [4.78, 5) is 17.1. The Balaban J connectivity index is 2.41. The van der Waals surface area contributed by atoms with Gasteiger partial charge in [-0.05, 0) is 81.5 Å². The van der Waals surface area contributed by atoms with E-state index in [0.717, 1.165) is 43.9 Å². The van der Waals surface area contributed by atoms with Gasteiger partial charge in [0.25, 0.3) is 0 Å². The highest BCUT2D eigenvalue weighted by Gasteiger charge is 2.16. The summed E-state index contributed by atoms with van der Waals surface area (Å²) in [7, 11) is 0. The first-order valence-electron chi connectivity index (χ1n) is 14.0. The molecule has 0 unspecified atom stereocenters. The molecule has 0 saturated heterocycles. The molecule has 1 aromatic carbocycles. The third-order valence-corrected chi connectivity index (χ3v) is 6.70. The molecule has 0 aliphatic carbocycles. The lowest BCUT2D eigenvalue weighted by molar-refractivity contribution is 0.393. The summed E-state index contributed by atoms with van der Waals surface area (Å²) >= 11 is 0. The molecule has 0 radical (unpaired) electrons. The number of hydrogen-bond acceptors (Lipinski definition) is 6. The summed E-state index contributed by atoms with van der Waals surface area (Å²) in [5, 5.41) is 22.0. The fraction of sp³-hybridized carbons (Fsp3) is 0.424. The number of aliphatic hydroxyl groups is 1. The van der Waals surface area contributed by atoms with Crippen molar-refractivity contribution in [3.05, 3.63) is 87.7 Å². The summed E-state index contributed by atoms with van der Waals surface area (Å²) in [6, 6.07) is 5.42. The summed E-state index contributed by atoms with van der Waals surface area (Å²) in [5.41, 5.74) is 2.42. The minimum atomic E-state index is -0.665. The molecule has 0 atom stereocenters. The summed E-state index contributed by atoms with van der Waals surface area (Å²) in [5.74, 6) is -0.203. The number of fused-ring (bicyclic) bond motifs is 1. The zero-order valence-electron chi connectivity index (χ0n) is 24.9. The Kier molecular flexibility index (Phi) is 11.7. The van der Waals surface area contributed by atoms with Crippen LogP contribution in [0.1, 0.15) is 67.4 Å². The van der Waals surface area contributed by atoms with E-state index in [1.165, 1.54) is 17.8 Å². The third-order valence-electron chi connectivity index (χ3n) is 6.70. The first-order valence-corrected chi connectivity index (χ1v) is 14.0. The highest BCUT2D eigenvalue weighted by molar-refractivity contribution is 5.89. The lowest BCUT2D eigenvalue weighted by atomic mass is 9.85. The average Bonchev–Trinajstić information content (AvgIpc) is 2.88. The molecule has 0 fully saturated rings. The molecule has 39 heavy (non-hydrogen) atoms. The first kappa shape index (κ1) is 31.5. The molecular weight excluding hydrogens is 488 g/mol. The van der Waals surface area contributed by atoms with Gasteiger partial charge >= 0.3 is 5.63 Å².